The van der Waals surface area contributed by atoms with E-state index in [0.29, 0.717) is 17.2 Å². The number of carbonyl (C=O) groups excluding carboxylic acids is 1. The fraction of sp³-hybridized carbons (Fsp3) is 0.667. The molecule has 3 nitrogen and oxygen atoms in total. The molecule has 4 heteroatoms. The van der Waals surface area contributed by atoms with Gasteiger partial charge < -0.3 is 5.32 Å². The molecule has 1 saturated carbocycles. The van der Waals surface area contributed by atoms with Crippen molar-refractivity contribution in [1.29, 1.82) is 0 Å². The van der Waals surface area contributed by atoms with Crippen molar-refractivity contribution in [3.05, 3.63) is 24.4 Å². The van der Waals surface area contributed by atoms with Gasteiger partial charge >= 0.3 is 0 Å². The molecule has 1 aliphatic rings. The average Bonchev–Trinajstić information content (AvgIpc) is 2.54. The Bertz CT molecular complexity index is 467. The largest absolute Gasteiger partial charge is 0.353 e. The number of thioether (sulfide) groups is 1. The van der Waals surface area contributed by atoms with Crippen LogP contribution in [-0.4, -0.2) is 22.7 Å². The lowest BCUT2D eigenvalue weighted by Crippen LogP contribution is -2.40. The van der Waals surface area contributed by atoms with Crippen molar-refractivity contribution in [2.45, 2.75) is 63.9 Å². The number of hydrogen-bond donors (Lipinski definition) is 1. The number of carbonyl (C=O) groups is 1. The van der Waals surface area contributed by atoms with Gasteiger partial charge in [0.2, 0.25) is 5.91 Å². The lowest BCUT2D eigenvalue weighted by molar-refractivity contribution is -0.119. The van der Waals surface area contributed by atoms with Crippen LogP contribution < -0.4 is 5.32 Å². The SMILES string of the molecule is CCC(C)(C)C1CCC(NC(=O)CSc2ccccn2)CC1. The molecular formula is C18H28N2OS. The van der Waals surface area contributed by atoms with Crippen molar-refractivity contribution < 1.29 is 4.79 Å². The van der Waals surface area contributed by atoms with Crippen molar-refractivity contribution >= 4 is 17.7 Å². The van der Waals surface area contributed by atoms with Gasteiger partial charge in [0.15, 0.2) is 0 Å². The van der Waals surface area contributed by atoms with Gasteiger partial charge in [-0.2, -0.15) is 0 Å². The predicted molar refractivity (Wildman–Crippen MR) is 92.9 cm³/mol. The minimum atomic E-state index is 0.133. The zero-order valence-electron chi connectivity index (χ0n) is 14.0. The molecule has 0 spiro atoms. The minimum Gasteiger partial charge on any atom is -0.353 e. The summed E-state index contributed by atoms with van der Waals surface area (Å²) in [5, 5.41) is 4.10. The molecule has 1 N–H and O–H groups in total. The maximum atomic E-state index is 12.1. The van der Waals surface area contributed by atoms with Gasteiger partial charge in [-0.3, -0.25) is 4.79 Å². The van der Waals surface area contributed by atoms with Crippen LogP contribution in [0.25, 0.3) is 0 Å². The van der Waals surface area contributed by atoms with E-state index in [1.54, 1.807) is 6.20 Å². The Labute approximate surface area is 138 Å². The van der Waals surface area contributed by atoms with Crippen molar-refractivity contribution in [2.24, 2.45) is 11.3 Å². The zero-order valence-corrected chi connectivity index (χ0v) is 14.8. The third kappa shape index (κ3) is 5.01. The van der Waals surface area contributed by atoms with E-state index in [1.165, 1.54) is 31.0 Å². The molecule has 0 aromatic carbocycles. The van der Waals surface area contributed by atoms with Gasteiger partial charge in [0.05, 0.1) is 10.8 Å². The summed E-state index contributed by atoms with van der Waals surface area (Å²) in [5.74, 6) is 1.39. The van der Waals surface area contributed by atoms with E-state index in [4.69, 9.17) is 0 Å². The Hall–Kier alpha value is -1.03. The first-order chi connectivity index (χ1) is 10.5. The number of nitrogens with one attached hydrogen (secondary N) is 1. The van der Waals surface area contributed by atoms with E-state index >= 15 is 0 Å². The number of amides is 1. The van der Waals surface area contributed by atoms with Gasteiger partial charge in [0.25, 0.3) is 0 Å². The summed E-state index contributed by atoms with van der Waals surface area (Å²) < 4.78 is 0. The van der Waals surface area contributed by atoms with Crippen LogP contribution in [0, 0.1) is 11.3 Å². The van der Waals surface area contributed by atoms with Crippen LogP contribution in [0.3, 0.4) is 0 Å². The Balaban J connectivity index is 1.71. The van der Waals surface area contributed by atoms with Gasteiger partial charge in [0.1, 0.15) is 0 Å². The van der Waals surface area contributed by atoms with Crippen molar-refractivity contribution in [2.75, 3.05) is 5.75 Å². The smallest absolute Gasteiger partial charge is 0.230 e. The summed E-state index contributed by atoms with van der Waals surface area (Å²) in [6.07, 6.45) is 7.70. The summed E-state index contributed by atoms with van der Waals surface area (Å²) in [6.45, 7) is 7.03. The second-order valence-electron chi connectivity index (χ2n) is 6.91. The van der Waals surface area contributed by atoms with Gasteiger partial charge in [-0.25, -0.2) is 4.98 Å². The monoisotopic (exact) mass is 320 g/mol. The average molecular weight is 321 g/mol. The second-order valence-corrected chi connectivity index (χ2v) is 7.91. The summed E-state index contributed by atoms with van der Waals surface area (Å²) in [4.78, 5) is 16.3. The normalized spacial score (nSPS) is 22.3. The molecule has 1 heterocycles. The molecule has 0 saturated heterocycles. The van der Waals surface area contributed by atoms with Crippen molar-refractivity contribution in [3.8, 4) is 0 Å². The highest BCUT2D eigenvalue weighted by Crippen LogP contribution is 2.40. The summed E-state index contributed by atoms with van der Waals surface area (Å²) in [5.41, 5.74) is 0.434. The Kier molecular flexibility index (Phi) is 6.30. The van der Waals surface area contributed by atoms with Gasteiger partial charge in [-0.1, -0.05) is 45.0 Å². The van der Waals surface area contributed by atoms with Crippen LogP contribution >= 0.6 is 11.8 Å². The molecule has 1 aromatic rings. The molecule has 1 aromatic heterocycles. The maximum Gasteiger partial charge on any atom is 0.230 e. The lowest BCUT2D eigenvalue weighted by Gasteiger charge is -2.39. The van der Waals surface area contributed by atoms with Crippen molar-refractivity contribution in [1.82, 2.24) is 10.3 Å². The van der Waals surface area contributed by atoms with Crippen LogP contribution in [0.2, 0.25) is 0 Å². The van der Waals surface area contributed by atoms with Crippen LogP contribution in [0.1, 0.15) is 52.9 Å². The van der Waals surface area contributed by atoms with Crippen LogP contribution in [0.15, 0.2) is 29.4 Å². The molecule has 0 radical (unpaired) electrons. The van der Waals surface area contributed by atoms with Crippen LogP contribution in [0.5, 0.6) is 0 Å². The van der Waals surface area contributed by atoms with E-state index in [-0.39, 0.29) is 5.91 Å². The number of rotatable bonds is 6. The van der Waals surface area contributed by atoms with E-state index in [1.807, 2.05) is 18.2 Å². The zero-order chi connectivity index (χ0) is 16.0. The van der Waals surface area contributed by atoms with Crippen molar-refractivity contribution in [3.63, 3.8) is 0 Å². The topological polar surface area (TPSA) is 42.0 Å². The number of nitrogens with zero attached hydrogens (tertiary/aromatic N) is 1. The van der Waals surface area contributed by atoms with Crippen LogP contribution in [0.4, 0.5) is 0 Å². The maximum absolute atomic E-state index is 12.1. The fourth-order valence-corrected chi connectivity index (χ4v) is 3.82. The van der Waals surface area contributed by atoms with E-state index in [9.17, 15) is 4.79 Å². The van der Waals surface area contributed by atoms with E-state index in [2.05, 4.69) is 31.1 Å². The highest BCUT2D eigenvalue weighted by molar-refractivity contribution is 7.99. The minimum absolute atomic E-state index is 0.133. The molecule has 1 fully saturated rings. The van der Waals surface area contributed by atoms with Gasteiger partial charge in [-0.05, 0) is 49.1 Å². The second kappa shape index (κ2) is 8.00. The molecule has 0 unspecified atom stereocenters. The molecule has 1 aliphatic carbocycles. The standard InChI is InChI=1S/C18H28N2OS/c1-4-18(2,3)14-8-10-15(11-9-14)20-16(21)13-22-17-7-5-6-12-19-17/h5-7,12,14-15H,4,8-11,13H2,1-3H3,(H,20,21). The molecule has 2 rings (SSSR count). The molecule has 22 heavy (non-hydrogen) atoms. The molecule has 0 bridgehead atoms. The van der Waals surface area contributed by atoms with E-state index < -0.39 is 0 Å². The highest BCUT2D eigenvalue weighted by atomic mass is 32.2. The molecule has 1 amide bonds. The number of aromatic nitrogens is 1. The molecular weight excluding hydrogens is 292 g/mol. The predicted octanol–water partition coefficient (Wildman–Crippen LogP) is 4.28. The van der Waals surface area contributed by atoms with Gasteiger partial charge in [0, 0.05) is 12.2 Å². The highest BCUT2D eigenvalue weighted by Gasteiger charge is 2.32. The molecule has 0 atom stereocenters. The number of hydrogen-bond acceptors (Lipinski definition) is 3. The number of pyridine rings is 1. The summed E-state index contributed by atoms with van der Waals surface area (Å²) in [6, 6.07) is 6.14. The van der Waals surface area contributed by atoms with Gasteiger partial charge in [-0.15, -0.1) is 0 Å². The molecule has 0 aliphatic heterocycles. The Morgan fingerprint density at radius 3 is 2.64 bits per heavy atom. The summed E-state index contributed by atoms with van der Waals surface area (Å²) in [7, 11) is 0. The fourth-order valence-electron chi connectivity index (χ4n) is 3.15. The first kappa shape index (κ1) is 17.3. The quantitative estimate of drug-likeness (QED) is 0.795. The lowest BCUT2D eigenvalue weighted by atomic mass is 9.69. The Morgan fingerprint density at radius 1 is 1.32 bits per heavy atom. The third-order valence-corrected chi connectivity index (χ3v) is 6.04. The van der Waals surface area contributed by atoms with E-state index in [0.717, 1.165) is 23.8 Å². The molecule has 122 valence electrons. The Morgan fingerprint density at radius 2 is 2.05 bits per heavy atom. The first-order valence-electron chi connectivity index (χ1n) is 8.34. The third-order valence-electron chi connectivity index (χ3n) is 5.10. The first-order valence-corrected chi connectivity index (χ1v) is 9.33. The summed E-state index contributed by atoms with van der Waals surface area (Å²) >= 11 is 1.50. The van der Waals surface area contributed by atoms with Crippen LogP contribution in [-0.2, 0) is 4.79 Å².